The van der Waals surface area contributed by atoms with Crippen LogP contribution in [0.15, 0.2) is 0 Å². The Bertz CT molecular complexity index is 297. The first kappa shape index (κ1) is 16.4. The van der Waals surface area contributed by atoms with Gasteiger partial charge in [-0.2, -0.15) is 13.2 Å². The Balaban J connectivity index is 4.35. The molecule has 18 heavy (non-hydrogen) atoms. The minimum atomic E-state index is -4.64. The zero-order valence-corrected chi connectivity index (χ0v) is 9.15. The Morgan fingerprint density at radius 2 is 1.89 bits per heavy atom. The molecule has 0 rings (SSSR count). The quantitative estimate of drug-likeness (QED) is 0.496. The van der Waals surface area contributed by atoms with Crippen molar-refractivity contribution in [2.45, 2.75) is 12.3 Å². The number of nitrogens with one attached hydrogen (secondary N) is 1. The van der Waals surface area contributed by atoms with E-state index in [1.807, 2.05) is 5.32 Å². The number of halogens is 3. The molecule has 0 aliphatic rings. The fourth-order valence-electron chi connectivity index (χ4n) is 0.973. The van der Waals surface area contributed by atoms with Gasteiger partial charge in [0, 0.05) is 6.54 Å². The molecule has 0 fully saturated rings. The first-order valence-corrected chi connectivity index (χ1v) is 4.78. The Kier molecular flexibility index (Phi) is 6.41. The van der Waals surface area contributed by atoms with E-state index < -0.39 is 50.5 Å². The van der Waals surface area contributed by atoms with E-state index in [2.05, 4.69) is 0 Å². The van der Waals surface area contributed by atoms with Gasteiger partial charge in [-0.15, -0.1) is 0 Å². The summed E-state index contributed by atoms with van der Waals surface area (Å²) in [5.41, 5.74) is 0. The van der Waals surface area contributed by atoms with E-state index in [4.69, 9.17) is 15.3 Å². The molecule has 0 aliphatic heterocycles. The minimum absolute atomic E-state index is 0.259. The number of aliphatic hydroxyl groups excluding tert-OH is 2. The van der Waals surface area contributed by atoms with Gasteiger partial charge in [0.1, 0.15) is 6.54 Å². The molecule has 0 saturated heterocycles. The van der Waals surface area contributed by atoms with Crippen LogP contribution < -0.4 is 5.32 Å². The second-order valence-corrected chi connectivity index (χ2v) is 3.30. The molecule has 1 atom stereocenters. The number of carboxylic acids is 1. The molecule has 0 aliphatic carbocycles. The van der Waals surface area contributed by atoms with Crippen LogP contribution in [0.4, 0.5) is 18.0 Å². The second-order valence-electron chi connectivity index (χ2n) is 3.30. The predicted octanol–water partition coefficient (Wildman–Crippen LogP) is -1.00. The fourth-order valence-corrected chi connectivity index (χ4v) is 0.973. The lowest BCUT2D eigenvalue weighted by atomic mass is 10.3. The first-order valence-electron chi connectivity index (χ1n) is 4.78. The normalized spacial score (nSPS) is 12.9. The molecule has 106 valence electrons. The van der Waals surface area contributed by atoms with E-state index in [9.17, 15) is 22.8 Å². The summed E-state index contributed by atoms with van der Waals surface area (Å²) in [6.45, 7) is -3.55. The van der Waals surface area contributed by atoms with E-state index in [0.717, 1.165) is 0 Å². The average Bonchev–Trinajstić information content (AvgIpc) is 2.22. The maximum Gasteiger partial charge on any atom is 0.406 e. The summed E-state index contributed by atoms with van der Waals surface area (Å²) in [7, 11) is 0. The third kappa shape index (κ3) is 6.91. The van der Waals surface area contributed by atoms with Crippen molar-refractivity contribution in [1.29, 1.82) is 0 Å². The molecule has 10 heteroatoms. The molecule has 2 amide bonds. The van der Waals surface area contributed by atoms with Crippen LogP contribution in [0.25, 0.3) is 0 Å². The van der Waals surface area contributed by atoms with Crippen LogP contribution in [-0.2, 0) is 4.79 Å². The SMILES string of the molecule is O=C(O)C(O)CNC(=O)N(CCO)CC(F)(F)F. The van der Waals surface area contributed by atoms with E-state index >= 15 is 0 Å². The third-order valence-electron chi connectivity index (χ3n) is 1.76. The largest absolute Gasteiger partial charge is 0.479 e. The Morgan fingerprint density at radius 1 is 1.33 bits per heavy atom. The monoisotopic (exact) mass is 274 g/mol. The van der Waals surface area contributed by atoms with Crippen LogP contribution in [-0.4, -0.2) is 70.7 Å². The molecular formula is C8H13F3N2O5. The molecule has 0 aromatic carbocycles. The number of aliphatic hydroxyl groups is 2. The van der Waals surface area contributed by atoms with Crippen molar-refractivity contribution in [3.63, 3.8) is 0 Å². The molecule has 0 radical (unpaired) electrons. The summed E-state index contributed by atoms with van der Waals surface area (Å²) in [5, 5.41) is 27.4. The molecule has 0 heterocycles. The van der Waals surface area contributed by atoms with Gasteiger partial charge in [0.05, 0.1) is 13.2 Å². The molecule has 0 saturated carbocycles. The van der Waals surface area contributed by atoms with Crippen molar-refractivity contribution in [3.8, 4) is 0 Å². The summed E-state index contributed by atoms with van der Waals surface area (Å²) < 4.78 is 36.2. The Morgan fingerprint density at radius 3 is 2.28 bits per heavy atom. The average molecular weight is 274 g/mol. The van der Waals surface area contributed by atoms with E-state index in [-0.39, 0.29) is 4.90 Å². The predicted molar refractivity (Wildman–Crippen MR) is 51.8 cm³/mol. The lowest BCUT2D eigenvalue weighted by molar-refractivity contribution is -0.146. The van der Waals surface area contributed by atoms with Crippen molar-refractivity contribution >= 4 is 12.0 Å². The Labute approximate surface area is 99.8 Å². The van der Waals surface area contributed by atoms with Crippen LogP contribution in [0.1, 0.15) is 0 Å². The van der Waals surface area contributed by atoms with Crippen molar-refractivity contribution in [1.82, 2.24) is 10.2 Å². The van der Waals surface area contributed by atoms with Crippen molar-refractivity contribution in [2.24, 2.45) is 0 Å². The zero-order chi connectivity index (χ0) is 14.3. The zero-order valence-electron chi connectivity index (χ0n) is 9.15. The fraction of sp³-hybridized carbons (Fsp3) is 0.750. The van der Waals surface area contributed by atoms with Gasteiger partial charge in [-0.25, -0.2) is 9.59 Å². The molecule has 0 bridgehead atoms. The number of hydrogen-bond acceptors (Lipinski definition) is 4. The number of urea groups is 1. The van der Waals surface area contributed by atoms with Crippen LogP contribution in [0.5, 0.6) is 0 Å². The van der Waals surface area contributed by atoms with Crippen LogP contribution in [0, 0.1) is 0 Å². The number of aliphatic carboxylic acids is 1. The van der Waals surface area contributed by atoms with Gasteiger partial charge in [0.25, 0.3) is 0 Å². The molecule has 1 unspecified atom stereocenters. The van der Waals surface area contributed by atoms with E-state index in [0.29, 0.717) is 0 Å². The number of rotatable bonds is 6. The van der Waals surface area contributed by atoms with Crippen LogP contribution >= 0.6 is 0 Å². The van der Waals surface area contributed by atoms with Gasteiger partial charge in [-0.05, 0) is 0 Å². The van der Waals surface area contributed by atoms with Gasteiger partial charge in [0.2, 0.25) is 0 Å². The molecule has 0 aromatic heterocycles. The number of alkyl halides is 3. The van der Waals surface area contributed by atoms with Gasteiger partial charge >= 0.3 is 18.2 Å². The smallest absolute Gasteiger partial charge is 0.406 e. The Hall–Kier alpha value is -1.55. The lowest BCUT2D eigenvalue weighted by Gasteiger charge is -2.23. The summed E-state index contributed by atoms with van der Waals surface area (Å²) in [4.78, 5) is 21.7. The minimum Gasteiger partial charge on any atom is -0.479 e. The summed E-state index contributed by atoms with van der Waals surface area (Å²) >= 11 is 0. The molecule has 4 N–H and O–H groups in total. The maximum absolute atomic E-state index is 12.1. The molecular weight excluding hydrogens is 261 g/mol. The van der Waals surface area contributed by atoms with Gasteiger partial charge in [-0.3, -0.25) is 0 Å². The number of amides is 2. The first-order chi connectivity index (χ1) is 8.17. The third-order valence-corrected chi connectivity index (χ3v) is 1.76. The van der Waals surface area contributed by atoms with Gasteiger partial charge in [-0.1, -0.05) is 0 Å². The maximum atomic E-state index is 12.1. The topological polar surface area (TPSA) is 110 Å². The highest BCUT2D eigenvalue weighted by Gasteiger charge is 2.33. The van der Waals surface area contributed by atoms with Gasteiger partial charge in [0.15, 0.2) is 6.10 Å². The highest BCUT2D eigenvalue weighted by molar-refractivity contribution is 5.76. The number of nitrogens with zero attached hydrogens (tertiary/aromatic N) is 1. The highest BCUT2D eigenvalue weighted by Crippen LogP contribution is 2.16. The van der Waals surface area contributed by atoms with Crippen molar-refractivity contribution < 1.29 is 38.1 Å². The molecule has 0 spiro atoms. The number of carbonyl (C=O) groups is 2. The highest BCUT2D eigenvalue weighted by atomic mass is 19.4. The molecule has 7 nitrogen and oxygen atoms in total. The van der Waals surface area contributed by atoms with Gasteiger partial charge < -0.3 is 25.5 Å². The second kappa shape index (κ2) is 7.01. The summed E-state index contributed by atoms with van der Waals surface area (Å²) in [5.74, 6) is -1.61. The lowest BCUT2D eigenvalue weighted by Crippen LogP contribution is -2.48. The standard InChI is InChI=1S/C8H13F3N2O5/c9-8(10,11)4-13(1-2-14)7(18)12-3-5(15)6(16)17/h5,14-15H,1-4H2,(H,12,18)(H,16,17). The van der Waals surface area contributed by atoms with E-state index in [1.54, 1.807) is 0 Å². The molecule has 0 aromatic rings. The summed E-state index contributed by atoms with van der Waals surface area (Å²) in [6.07, 6.45) is -6.55. The number of carboxylic acid groups (broad SMARTS) is 1. The van der Waals surface area contributed by atoms with Crippen LogP contribution in [0.3, 0.4) is 0 Å². The van der Waals surface area contributed by atoms with Crippen molar-refractivity contribution in [3.05, 3.63) is 0 Å². The number of carbonyl (C=O) groups excluding carboxylic acids is 1. The number of hydrogen-bond donors (Lipinski definition) is 4. The summed E-state index contributed by atoms with van der Waals surface area (Å²) in [6, 6.07) is -1.22. The van der Waals surface area contributed by atoms with Crippen LogP contribution in [0.2, 0.25) is 0 Å². The van der Waals surface area contributed by atoms with Crippen molar-refractivity contribution in [2.75, 3.05) is 26.2 Å². The van der Waals surface area contributed by atoms with E-state index in [1.165, 1.54) is 0 Å².